The zero-order valence-electron chi connectivity index (χ0n) is 10.9. The average molecular weight is 265 g/mol. The predicted molar refractivity (Wildman–Crippen MR) is 73.2 cm³/mol. The molecule has 2 rings (SSSR count). The molecule has 0 atom stereocenters. The van der Waals surface area contributed by atoms with E-state index in [-0.39, 0.29) is 0 Å². The topological polar surface area (TPSA) is 42.7 Å². The fourth-order valence-corrected chi connectivity index (χ4v) is 1.88. The van der Waals surface area contributed by atoms with Crippen LogP contribution in [0.2, 0.25) is 5.02 Å². The van der Waals surface area contributed by atoms with Gasteiger partial charge in [0.2, 0.25) is 0 Å². The van der Waals surface area contributed by atoms with E-state index in [1.165, 1.54) is 0 Å². The van der Waals surface area contributed by atoms with Gasteiger partial charge in [-0.15, -0.1) is 0 Å². The zero-order valence-corrected chi connectivity index (χ0v) is 11.6. The number of hydrogen-bond acceptors (Lipinski definition) is 3. The molecule has 0 saturated carbocycles. The van der Waals surface area contributed by atoms with Crippen molar-refractivity contribution in [3.05, 3.63) is 40.6 Å². The number of nitrogens with one attached hydrogen (secondary N) is 1. The highest BCUT2D eigenvalue weighted by molar-refractivity contribution is 6.31. The van der Waals surface area contributed by atoms with Gasteiger partial charge in [0.25, 0.3) is 0 Å². The van der Waals surface area contributed by atoms with Crippen molar-refractivity contribution in [1.29, 1.82) is 0 Å². The molecule has 96 valence electrons. The van der Waals surface area contributed by atoms with Crippen LogP contribution in [-0.4, -0.2) is 21.1 Å². The number of nitrogens with zero attached hydrogens (tertiary/aromatic N) is 3. The SMILES string of the molecule is CCNCc1nc(-n2cnc(C)c2C)ccc1Cl. The Kier molecular flexibility index (Phi) is 3.99. The molecule has 4 nitrogen and oxygen atoms in total. The molecule has 0 aliphatic rings. The van der Waals surface area contributed by atoms with Crippen LogP contribution in [0.15, 0.2) is 18.5 Å². The summed E-state index contributed by atoms with van der Waals surface area (Å²) in [6.07, 6.45) is 1.79. The molecule has 5 heteroatoms. The molecular formula is C13H17ClN4. The van der Waals surface area contributed by atoms with Gasteiger partial charge in [-0.05, 0) is 32.5 Å². The molecule has 0 bridgehead atoms. The quantitative estimate of drug-likeness (QED) is 0.923. The second-order valence-corrected chi connectivity index (χ2v) is 4.57. The van der Waals surface area contributed by atoms with E-state index in [9.17, 15) is 0 Å². The minimum atomic E-state index is 0.676. The molecule has 0 spiro atoms. The van der Waals surface area contributed by atoms with Crippen LogP contribution in [-0.2, 0) is 6.54 Å². The van der Waals surface area contributed by atoms with Crippen LogP contribution in [0, 0.1) is 13.8 Å². The van der Waals surface area contributed by atoms with Crippen molar-refractivity contribution in [3.63, 3.8) is 0 Å². The molecule has 18 heavy (non-hydrogen) atoms. The van der Waals surface area contributed by atoms with Gasteiger partial charge in [0.1, 0.15) is 12.1 Å². The maximum atomic E-state index is 6.14. The van der Waals surface area contributed by atoms with E-state index in [0.717, 1.165) is 29.4 Å². The lowest BCUT2D eigenvalue weighted by Gasteiger charge is -2.09. The fourth-order valence-electron chi connectivity index (χ4n) is 1.70. The maximum absolute atomic E-state index is 6.14. The van der Waals surface area contributed by atoms with Crippen LogP contribution < -0.4 is 5.32 Å². The van der Waals surface area contributed by atoms with Crippen LogP contribution in [0.25, 0.3) is 5.82 Å². The molecule has 0 unspecified atom stereocenters. The number of aryl methyl sites for hydroxylation is 1. The fraction of sp³-hybridized carbons (Fsp3) is 0.385. The molecule has 0 aliphatic heterocycles. The van der Waals surface area contributed by atoms with E-state index >= 15 is 0 Å². The summed E-state index contributed by atoms with van der Waals surface area (Å²) >= 11 is 6.14. The van der Waals surface area contributed by atoms with Crippen LogP contribution in [0.1, 0.15) is 24.0 Å². The van der Waals surface area contributed by atoms with Crippen molar-refractivity contribution < 1.29 is 0 Å². The molecule has 0 fully saturated rings. The average Bonchev–Trinajstić information content (AvgIpc) is 2.69. The van der Waals surface area contributed by atoms with Gasteiger partial charge in [-0.25, -0.2) is 9.97 Å². The smallest absolute Gasteiger partial charge is 0.138 e. The van der Waals surface area contributed by atoms with Crippen molar-refractivity contribution in [2.45, 2.75) is 27.3 Å². The third-order valence-corrected chi connectivity index (χ3v) is 3.29. The van der Waals surface area contributed by atoms with Crippen molar-refractivity contribution in [2.75, 3.05) is 6.54 Å². The minimum absolute atomic E-state index is 0.676. The molecule has 0 aromatic carbocycles. The third-order valence-electron chi connectivity index (χ3n) is 2.95. The Morgan fingerprint density at radius 1 is 1.33 bits per heavy atom. The van der Waals surface area contributed by atoms with Crippen molar-refractivity contribution in [3.8, 4) is 5.82 Å². The monoisotopic (exact) mass is 264 g/mol. The van der Waals surface area contributed by atoms with Crippen molar-refractivity contribution >= 4 is 11.6 Å². The Labute approximate surface area is 112 Å². The van der Waals surface area contributed by atoms with Crippen LogP contribution in [0.5, 0.6) is 0 Å². The first-order valence-electron chi connectivity index (χ1n) is 6.00. The highest BCUT2D eigenvalue weighted by Crippen LogP contribution is 2.18. The van der Waals surface area contributed by atoms with Gasteiger partial charge in [-0.3, -0.25) is 4.57 Å². The first-order chi connectivity index (χ1) is 8.63. The van der Waals surface area contributed by atoms with Gasteiger partial charge in [0.15, 0.2) is 0 Å². The summed E-state index contributed by atoms with van der Waals surface area (Å²) in [4.78, 5) is 8.86. The van der Waals surface area contributed by atoms with E-state index in [2.05, 4.69) is 22.2 Å². The lowest BCUT2D eigenvalue weighted by atomic mass is 10.3. The molecule has 0 amide bonds. The third kappa shape index (κ3) is 2.54. The van der Waals surface area contributed by atoms with Gasteiger partial charge in [-0.2, -0.15) is 0 Å². The number of imidazole rings is 1. The highest BCUT2D eigenvalue weighted by atomic mass is 35.5. The second-order valence-electron chi connectivity index (χ2n) is 4.16. The largest absolute Gasteiger partial charge is 0.311 e. The highest BCUT2D eigenvalue weighted by Gasteiger charge is 2.08. The number of halogens is 1. The minimum Gasteiger partial charge on any atom is -0.311 e. The van der Waals surface area contributed by atoms with Gasteiger partial charge in [0.05, 0.1) is 16.4 Å². The maximum Gasteiger partial charge on any atom is 0.138 e. The summed E-state index contributed by atoms with van der Waals surface area (Å²) in [7, 11) is 0. The van der Waals surface area contributed by atoms with Crippen LogP contribution in [0.3, 0.4) is 0 Å². The van der Waals surface area contributed by atoms with Gasteiger partial charge < -0.3 is 5.32 Å². The molecular weight excluding hydrogens is 248 g/mol. The zero-order chi connectivity index (χ0) is 13.1. The summed E-state index contributed by atoms with van der Waals surface area (Å²) in [6.45, 7) is 7.65. The molecule has 2 heterocycles. The number of rotatable bonds is 4. The lowest BCUT2D eigenvalue weighted by Crippen LogP contribution is -2.14. The van der Waals surface area contributed by atoms with E-state index in [0.29, 0.717) is 11.6 Å². The summed E-state index contributed by atoms with van der Waals surface area (Å²) in [6, 6.07) is 3.79. The lowest BCUT2D eigenvalue weighted by molar-refractivity contribution is 0.707. The van der Waals surface area contributed by atoms with Gasteiger partial charge in [-0.1, -0.05) is 18.5 Å². The molecule has 2 aromatic heterocycles. The Morgan fingerprint density at radius 2 is 2.11 bits per heavy atom. The molecule has 0 radical (unpaired) electrons. The Balaban J connectivity index is 2.37. The number of aromatic nitrogens is 3. The van der Waals surface area contributed by atoms with Crippen LogP contribution in [0.4, 0.5) is 0 Å². The van der Waals surface area contributed by atoms with E-state index in [1.807, 2.05) is 30.5 Å². The Bertz CT molecular complexity index is 548. The molecule has 2 aromatic rings. The van der Waals surface area contributed by atoms with E-state index in [1.54, 1.807) is 6.33 Å². The summed E-state index contributed by atoms with van der Waals surface area (Å²) in [5.41, 5.74) is 2.97. The number of pyridine rings is 1. The van der Waals surface area contributed by atoms with Gasteiger partial charge in [0, 0.05) is 12.2 Å². The van der Waals surface area contributed by atoms with Crippen LogP contribution >= 0.6 is 11.6 Å². The molecule has 0 saturated heterocycles. The summed E-state index contributed by atoms with van der Waals surface area (Å²) < 4.78 is 1.97. The summed E-state index contributed by atoms with van der Waals surface area (Å²) in [5, 5.41) is 3.92. The Morgan fingerprint density at radius 3 is 2.72 bits per heavy atom. The number of hydrogen-bond donors (Lipinski definition) is 1. The van der Waals surface area contributed by atoms with Crippen molar-refractivity contribution in [2.24, 2.45) is 0 Å². The second kappa shape index (κ2) is 5.50. The normalized spacial score (nSPS) is 10.9. The standard InChI is InChI=1S/C13H17ClN4/c1-4-15-7-12-11(14)5-6-13(17-12)18-8-16-9(2)10(18)3/h5-6,8,15H,4,7H2,1-3H3. The van der Waals surface area contributed by atoms with E-state index in [4.69, 9.17) is 11.6 Å². The summed E-state index contributed by atoms with van der Waals surface area (Å²) in [5.74, 6) is 0.852. The molecule has 1 N–H and O–H groups in total. The predicted octanol–water partition coefficient (Wildman–Crippen LogP) is 2.65. The van der Waals surface area contributed by atoms with Crippen molar-refractivity contribution in [1.82, 2.24) is 19.9 Å². The Hall–Kier alpha value is -1.39. The molecule has 0 aliphatic carbocycles. The first kappa shape index (κ1) is 13.1. The first-order valence-corrected chi connectivity index (χ1v) is 6.38. The van der Waals surface area contributed by atoms with Gasteiger partial charge >= 0.3 is 0 Å². The van der Waals surface area contributed by atoms with E-state index < -0.39 is 0 Å².